The van der Waals surface area contributed by atoms with Crippen LogP contribution in [0.5, 0.6) is 0 Å². The molecule has 1 aromatic rings. The number of aliphatic hydroxyl groups is 1. The highest BCUT2D eigenvalue weighted by Gasteiger charge is 2.31. The fourth-order valence-corrected chi connectivity index (χ4v) is 3.63. The molecule has 0 bridgehead atoms. The molecule has 1 saturated heterocycles. The Balaban J connectivity index is 0.00000200. The Morgan fingerprint density at radius 1 is 1.40 bits per heavy atom. The maximum Gasteiger partial charge on any atom is 0.240 e. The first-order valence-electron chi connectivity index (χ1n) is 6.41. The van der Waals surface area contributed by atoms with Gasteiger partial charge >= 0.3 is 0 Å². The van der Waals surface area contributed by atoms with Gasteiger partial charge in [0.25, 0.3) is 0 Å². The molecule has 1 heterocycles. The Kier molecular flexibility index (Phi) is 5.97. The summed E-state index contributed by atoms with van der Waals surface area (Å²) in [7, 11) is -3.57. The molecule has 1 atom stereocenters. The zero-order chi connectivity index (χ0) is 13.9. The van der Waals surface area contributed by atoms with E-state index in [0.29, 0.717) is 18.5 Å². The van der Waals surface area contributed by atoms with Crippen molar-refractivity contribution in [1.29, 1.82) is 0 Å². The average molecular weight is 321 g/mol. The molecule has 0 spiro atoms. The van der Waals surface area contributed by atoms with Crippen LogP contribution >= 0.6 is 12.4 Å². The quantitative estimate of drug-likeness (QED) is 0.767. The van der Waals surface area contributed by atoms with E-state index in [1.165, 1.54) is 0 Å². The van der Waals surface area contributed by atoms with Gasteiger partial charge in [-0.1, -0.05) is 18.2 Å². The predicted octanol–water partition coefficient (Wildman–Crippen LogP) is 0.810. The third-order valence-corrected chi connectivity index (χ3v) is 4.99. The van der Waals surface area contributed by atoms with Crippen molar-refractivity contribution in [2.45, 2.75) is 30.3 Å². The lowest BCUT2D eigenvalue weighted by Crippen LogP contribution is -2.52. The van der Waals surface area contributed by atoms with Crippen LogP contribution in [0.3, 0.4) is 0 Å². The highest BCUT2D eigenvalue weighted by Crippen LogP contribution is 2.18. The minimum absolute atomic E-state index is 0. The highest BCUT2D eigenvalue weighted by atomic mass is 35.5. The number of nitrogens with one attached hydrogen (secondary N) is 2. The van der Waals surface area contributed by atoms with Gasteiger partial charge in [-0.05, 0) is 37.9 Å². The Bertz CT molecular complexity index is 542. The predicted molar refractivity (Wildman–Crippen MR) is 80.7 cm³/mol. The first kappa shape index (κ1) is 17.4. The van der Waals surface area contributed by atoms with Crippen LogP contribution < -0.4 is 10.0 Å². The van der Waals surface area contributed by atoms with E-state index in [1.54, 1.807) is 31.2 Å². The van der Waals surface area contributed by atoms with Crippen LogP contribution in [-0.4, -0.2) is 38.8 Å². The van der Waals surface area contributed by atoms with Gasteiger partial charge < -0.3 is 10.4 Å². The molecule has 1 aliphatic heterocycles. The maximum atomic E-state index is 12.2. The van der Waals surface area contributed by atoms with Gasteiger partial charge in [0.05, 0.1) is 10.5 Å². The second kappa shape index (κ2) is 6.87. The number of piperidine rings is 1. The van der Waals surface area contributed by atoms with E-state index in [4.69, 9.17) is 0 Å². The largest absolute Gasteiger partial charge is 0.387 e. The van der Waals surface area contributed by atoms with E-state index in [-0.39, 0.29) is 23.8 Å². The van der Waals surface area contributed by atoms with Gasteiger partial charge in [-0.15, -0.1) is 12.4 Å². The molecule has 3 N–H and O–H groups in total. The summed E-state index contributed by atoms with van der Waals surface area (Å²) in [6.07, 6.45) is 1.46. The van der Waals surface area contributed by atoms with Gasteiger partial charge in [0.15, 0.2) is 0 Å². The van der Waals surface area contributed by atoms with Crippen LogP contribution in [0.1, 0.15) is 18.4 Å². The second-order valence-corrected chi connectivity index (χ2v) is 6.83. The van der Waals surface area contributed by atoms with Crippen molar-refractivity contribution in [1.82, 2.24) is 10.0 Å². The van der Waals surface area contributed by atoms with Gasteiger partial charge in [-0.25, -0.2) is 13.1 Å². The summed E-state index contributed by atoms with van der Waals surface area (Å²) in [5.74, 6) is 0. The van der Waals surface area contributed by atoms with Gasteiger partial charge in [0, 0.05) is 13.1 Å². The molecular weight excluding hydrogens is 300 g/mol. The van der Waals surface area contributed by atoms with E-state index in [1.807, 2.05) is 0 Å². The number of halogens is 1. The molecule has 0 aliphatic carbocycles. The van der Waals surface area contributed by atoms with Crippen molar-refractivity contribution in [2.24, 2.45) is 0 Å². The molecule has 2 rings (SSSR count). The van der Waals surface area contributed by atoms with E-state index in [9.17, 15) is 13.5 Å². The van der Waals surface area contributed by atoms with E-state index in [2.05, 4.69) is 10.0 Å². The van der Waals surface area contributed by atoms with Crippen LogP contribution in [0.25, 0.3) is 0 Å². The van der Waals surface area contributed by atoms with Crippen molar-refractivity contribution in [3.05, 3.63) is 29.8 Å². The highest BCUT2D eigenvalue weighted by molar-refractivity contribution is 7.89. The lowest BCUT2D eigenvalue weighted by Gasteiger charge is -2.32. The Labute approximate surface area is 126 Å². The molecule has 7 heteroatoms. The smallest absolute Gasteiger partial charge is 0.240 e. The van der Waals surface area contributed by atoms with E-state index < -0.39 is 15.6 Å². The van der Waals surface area contributed by atoms with Crippen molar-refractivity contribution < 1.29 is 13.5 Å². The third kappa shape index (κ3) is 4.17. The monoisotopic (exact) mass is 320 g/mol. The minimum Gasteiger partial charge on any atom is -0.387 e. The summed E-state index contributed by atoms with van der Waals surface area (Å²) in [4.78, 5) is 0.266. The molecule has 0 amide bonds. The molecule has 20 heavy (non-hydrogen) atoms. The second-order valence-electron chi connectivity index (χ2n) is 5.09. The zero-order valence-electron chi connectivity index (χ0n) is 11.4. The SMILES string of the molecule is Cc1ccccc1S(=O)(=O)NCC1(O)CCCNC1.Cl. The Morgan fingerprint density at radius 3 is 2.70 bits per heavy atom. The third-order valence-electron chi connectivity index (χ3n) is 3.42. The Morgan fingerprint density at radius 2 is 2.10 bits per heavy atom. The summed E-state index contributed by atoms with van der Waals surface area (Å²) in [5.41, 5.74) is -0.294. The van der Waals surface area contributed by atoms with Gasteiger partial charge in [-0.3, -0.25) is 0 Å². The molecule has 114 valence electrons. The summed E-state index contributed by atoms with van der Waals surface area (Å²) in [6, 6.07) is 6.82. The first-order valence-corrected chi connectivity index (χ1v) is 7.90. The normalized spacial score (nSPS) is 23.1. The summed E-state index contributed by atoms with van der Waals surface area (Å²) >= 11 is 0. The maximum absolute atomic E-state index is 12.2. The van der Waals surface area contributed by atoms with Crippen LogP contribution in [-0.2, 0) is 10.0 Å². The standard InChI is InChI=1S/C13H20N2O3S.ClH/c1-11-5-2-3-6-12(11)19(17,18)15-10-13(16)7-4-8-14-9-13;/h2-3,5-6,14-16H,4,7-10H2,1H3;1H. The van der Waals surface area contributed by atoms with E-state index in [0.717, 1.165) is 13.0 Å². The van der Waals surface area contributed by atoms with Crippen LogP contribution in [0.4, 0.5) is 0 Å². The summed E-state index contributed by atoms with van der Waals surface area (Å²) in [6.45, 7) is 3.08. The number of rotatable bonds is 4. The number of hydrogen-bond donors (Lipinski definition) is 3. The molecule has 5 nitrogen and oxygen atoms in total. The van der Waals surface area contributed by atoms with Crippen molar-refractivity contribution in [3.63, 3.8) is 0 Å². The van der Waals surface area contributed by atoms with Crippen LogP contribution in [0.2, 0.25) is 0 Å². The fraction of sp³-hybridized carbons (Fsp3) is 0.538. The number of hydrogen-bond acceptors (Lipinski definition) is 4. The molecule has 1 aliphatic rings. The van der Waals surface area contributed by atoms with Crippen molar-refractivity contribution in [3.8, 4) is 0 Å². The molecule has 1 fully saturated rings. The molecule has 0 radical (unpaired) electrons. The van der Waals surface area contributed by atoms with Crippen LogP contribution in [0.15, 0.2) is 29.2 Å². The first-order chi connectivity index (χ1) is 8.93. The molecule has 1 aromatic carbocycles. The van der Waals surface area contributed by atoms with E-state index >= 15 is 0 Å². The zero-order valence-corrected chi connectivity index (χ0v) is 13.1. The topological polar surface area (TPSA) is 78.4 Å². The molecule has 1 unspecified atom stereocenters. The lowest BCUT2D eigenvalue weighted by atomic mass is 9.95. The number of benzene rings is 1. The number of sulfonamides is 1. The fourth-order valence-electron chi connectivity index (χ4n) is 2.27. The molecule has 0 aromatic heterocycles. The Hall–Kier alpha value is -0.660. The van der Waals surface area contributed by atoms with Gasteiger partial charge in [-0.2, -0.15) is 0 Å². The molecular formula is C13H21ClN2O3S. The molecule has 0 saturated carbocycles. The number of β-amino-alcohol motifs (C(OH)–C–C–N with tert-alkyl or cyclic N) is 1. The van der Waals surface area contributed by atoms with Crippen molar-refractivity contribution in [2.75, 3.05) is 19.6 Å². The van der Waals surface area contributed by atoms with Gasteiger partial charge in [0.2, 0.25) is 10.0 Å². The van der Waals surface area contributed by atoms with Crippen LogP contribution in [0, 0.1) is 6.92 Å². The summed E-state index contributed by atoms with van der Waals surface area (Å²) < 4.78 is 26.9. The van der Waals surface area contributed by atoms with Gasteiger partial charge in [0.1, 0.15) is 0 Å². The minimum atomic E-state index is -3.57. The lowest BCUT2D eigenvalue weighted by molar-refractivity contribution is 0.0218. The number of aryl methyl sites for hydroxylation is 1. The average Bonchev–Trinajstić information content (AvgIpc) is 2.38. The summed E-state index contributed by atoms with van der Waals surface area (Å²) in [5, 5.41) is 13.3. The van der Waals surface area contributed by atoms with Crippen molar-refractivity contribution >= 4 is 22.4 Å².